The molecule has 0 bridgehead atoms. The van der Waals surface area contributed by atoms with E-state index >= 15 is 0 Å². The molecule has 3 rings (SSSR count). The van der Waals surface area contributed by atoms with Crippen molar-refractivity contribution in [3.05, 3.63) is 64.2 Å². The summed E-state index contributed by atoms with van der Waals surface area (Å²) in [5.41, 5.74) is 10.2. The molecule has 4 heteroatoms. The van der Waals surface area contributed by atoms with Gasteiger partial charge in [0, 0.05) is 10.7 Å². The molecule has 1 saturated heterocycles. The number of halogens is 1. The van der Waals surface area contributed by atoms with Crippen LogP contribution in [0.1, 0.15) is 22.7 Å². The molecule has 1 fully saturated rings. The first kappa shape index (κ1) is 14.1. The molecule has 0 unspecified atom stereocenters. The number of hydrogen-bond acceptors (Lipinski definition) is 2. The van der Waals surface area contributed by atoms with Crippen molar-refractivity contribution in [1.29, 1.82) is 0 Å². The largest absolute Gasteiger partial charge is 0.318 e. The molecule has 3 nitrogen and oxygen atoms in total. The summed E-state index contributed by atoms with van der Waals surface area (Å²) in [5, 5.41) is 0.652. The van der Waals surface area contributed by atoms with Crippen LogP contribution in [0.25, 0.3) is 0 Å². The molecular weight excluding hydrogens is 284 g/mol. The van der Waals surface area contributed by atoms with Gasteiger partial charge in [-0.1, -0.05) is 29.8 Å². The highest BCUT2D eigenvalue weighted by atomic mass is 35.5. The molecular formula is C17H17ClN2O. The number of hydrogen-bond donors (Lipinski definition) is 1. The van der Waals surface area contributed by atoms with Gasteiger partial charge < -0.3 is 10.6 Å². The summed E-state index contributed by atoms with van der Waals surface area (Å²) in [6.45, 7) is 4.09. The molecule has 108 valence electrons. The maximum absolute atomic E-state index is 12.2. The molecule has 2 aromatic rings. The minimum atomic E-state index is -0.509. The van der Waals surface area contributed by atoms with Crippen molar-refractivity contribution < 1.29 is 4.79 Å². The normalized spacial score (nSPS) is 21.3. The zero-order valence-electron chi connectivity index (χ0n) is 12.0. The maximum Gasteiger partial charge on any atom is 0.247 e. The van der Waals surface area contributed by atoms with Crippen LogP contribution in [-0.4, -0.2) is 11.9 Å². The van der Waals surface area contributed by atoms with Crippen LogP contribution in [-0.2, 0) is 4.79 Å². The third kappa shape index (κ3) is 2.33. The fourth-order valence-corrected chi connectivity index (χ4v) is 2.92. The summed E-state index contributed by atoms with van der Waals surface area (Å²) in [6, 6.07) is 12.9. The van der Waals surface area contributed by atoms with Crippen molar-refractivity contribution in [2.75, 3.05) is 4.90 Å². The number of aryl methyl sites for hydroxylation is 2. The number of nitrogens with zero attached hydrogens (tertiary/aromatic N) is 1. The van der Waals surface area contributed by atoms with E-state index in [0.29, 0.717) is 5.02 Å². The van der Waals surface area contributed by atoms with Crippen LogP contribution < -0.4 is 10.6 Å². The van der Waals surface area contributed by atoms with E-state index in [1.807, 2.05) is 49.4 Å². The summed E-state index contributed by atoms with van der Waals surface area (Å²) in [4.78, 5) is 13.9. The van der Waals surface area contributed by atoms with E-state index in [1.165, 1.54) is 5.56 Å². The molecule has 21 heavy (non-hydrogen) atoms. The first-order valence-corrected chi connectivity index (χ1v) is 7.28. The van der Waals surface area contributed by atoms with Crippen LogP contribution in [0.3, 0.4) is 0 Å². The Hall–Kier alpha value is -1.84. The first-order chi connectivity index (χ1) is 9.99. The monoisotopic (exact) mass is 300 g/mol. The third-order valence-electron chi connectivity index (χ3n) is 4.10. The second-order valence-corrected chi connectivity index (χ2v) is 5.94. The van der Waals surface area contributed by atoms with Crippen LogP contribution in [0.2, 0.25) is 5.02 Å². The van der Waals surface area contributed by atoms with Crippen molar-refractivity contribution in [1.82, 2.24) is 0 Å². The van der Waals surface area contributed by atoms with Gasteiger partial charge in [0.05, 0.1) is 6.04 Å². The highest BCUT2D eigenvalue weighted by Crippen LogP contribution is 2.39. The summed E-state index contributed by atoms with van der Waals surface area (Å²) in [6.07, 6.45) is 0. The molecule has 0 aromatic heterocycles. The molecule has 0 spiro atoms. The second-order valence-electron chi connectivity index (χ2n) is 5.50. The van der Waals surface area contributed by atoms with E-state index in [0.717, 1.165) is 16.8 Å². The van der Waals surface area contributed by atoms with Gasteiger partial charge in [-0.2, -0.15) is 0 Å². The highest BCUT2D eigenvalue weighted by molar-refractivity contribution is 6.30. The van der Waals surface area contributed by atoms with Crippen LogP contribution in [0.15, 0.2) is 42.5 Å². The lowest BCUT2D eigenvalue weighted by Crippen LogP contribution is -2.63. The molecule has 1 heterocycles. The van der Waals surface area contributed by atoms with Gasteiger partial charge in [-0.25, -0.2) is 0 Å². The van der Waals surface area contributed by atoms with E-state index < -0.39 is 6.04 Å². The number of carbonyl (C=O) groups excluding carboxylic acids is 1. The van der Waals surface area contributed by atoms with E-state index in [1.54, 1.807) is 4.90 Å². The molecule has 0 saturated carbocycles. The lowest BCUT2D eigenvalue weighted by molar-refractivity contribution is -0.126. The fourth-order valence-electron chi connectivity index (χ4n) is 2.72. The van der Waals surface area contributed by atoms with Crippen molar-refractivity contribution in [2.24, 2.45) is 5.73 Å². The zero-order valence-corrected chi connectivity index (χ0v) is 12.8. The Morgan fingerprint density at radius 2 is 1.86 bits per heavy atom. The van der Waals surface area contributed by atoms with Gasteiger partial charge >= 0.3 is 0 Å². The van der Waals surface area contributed by atoms with Gasteiger partial charge in [-0.3, -0.25) is 4.79 Å². The number of rotatable bonds is 2. The number of benzene rings is 2. The van der Waals surface area contributed by atoms with E-state index in [9.17, 15) is 4.79 Å². The second kappa shape index (κ2) is 5.17. The van der Waals surface area contributed by atoms with Crippen molar-refractivity contribution in [3.63, 3.8) is 0 Å². The Bertz CT molecular complexity index is 714. The van der Waals surface area contributed by atoms with Crippen molar-refractivity contribution >= 4 is 23.2 Å². The summed E-state index contributed by atoms with van der Waals surface area (Å²) >= 11 is 6.05. The minimum absolute atomic E-state index is 0.0526. The zero-order chi connectivity index (χ0) is 15.1. The molecule has 1 aliphatic rings. The van der Waals surface area contributed by atoms with Gasteiger partial charge in [-0.05, 0) is 54.8 Å². The Morgan fingerprint density at radius 1 is 1.10 bits per heavy atom. The predicted molar refractivity (Wildman–Crippen MR) is 85.6 cm³/mol. The molecule has 2 atom stereocenters. The summed E-state index contributed by atoms with van der Waals surface area (Å²) in [5.74, 6) is -0.0526. The minimum Gasteiger partial charge on any atom is -0.318 e. The predicted octanol–water partition coefficient (Wildman–Crippen LogP) is 3.37. The third-order valence-corrected chi connectivity index (χ3v) is 4.33. The lowest BCUT2D eigenvalue weighted by atomic mass is 9.88. The van der Waals surface area contributed by atoms with Crippen LogP contribution in [0, 0.1) is 13.8 Å². The average molecular weight is 301 g/mol. The van der Waals surface area contributed by atoms with E-state index in [4.69, 9.17) is 17.3 Å². The van der Waals surface area contributed by atoms with Crippen LogP contribution >= 0.6 is 11.6 Å². The van der Waals surface area contributed by atoms with Crippen LogP contribution in [0.4, 0.5) is 5.69 Å². The lowest BCUT2D eigenvalue weighted by Gasteiger charge is -2.45. The van der Waals surface area contributed by atoms with Crippen molar-refractivity contribution in [2.45, 2.75) is 25.9 Å². The Labute approximate surface area is 129 Å². The molecule has 0 aliphatic carbocycles. The number of nitrogens with two attached hydrogens (primary N) is 1. The highest BCUT2D eigenvalue weighted by Gasteiger charge is 2.46. The van der Waals surface area contributed by atoms with Gasteiger partial charge in [0.25, 0.3) is 0 Å². The SMILES string of the molecule is Cc1ccc(N2C(=O)[C@H](N)[C@@H]2c2cccc(Cl)c2)cc1C. The van der Waals surface area contributed by atoms with Gasteiger partial charge in [0.2, 0.25) is 5.91 Å². The average Bonchev–Trinajstić information content (AvgIpc) is 2.46. The molecule has 2 aromatic carbocycles. The van der Waals surface area contributed by atoms with E-state index in [2.05, 4.69) is 6.92 Å². The number of carbonyl (C=O) groups is 1. The molecule has 1 amide bonds. The smallest absolute Gasteiger partial charge is 0.247 e. The topological polar surface area (TPSA) is 46.3 Å². The maximum atomic E-state index is 12.2. The molecule has 1 aliphatic heterocycles. The standard InChI is InChI=1S/C17H17ClN2O/c1-10-6-7-14(8-11(10)2)20-16(15(19)17(20)21)12-4-3-5-13(18)9-12/h3-9,15-16H,19H2,1-2H3/t15-,16+/m1/s1. The van der Waals surface area contributed by atoms with Gasteiger partial charge in [0.1, 0.15) is 6.04 Å². The van der Waals surface area contributed by atoms with Gasteiger partial charge in [0.15, 0.2) is 0 Å². The number of anilines is 1. The molecule has 2 N–H and O–H groups in total. The van der Waals surface area contributed by atoms with E-state index in [-0.39, 0.29) is 11.9 Å². The van der Waals surface area contributed by atoms with Crippen molar-refractivity contribution in [3.8, 4) is 0 Å². The first-order valence-electron chi connectivity index (χ1n) is 6.90. The Kier molecular flexibility index (Phi) is 3.47. The quantitative estimate of drug-likeness (QED) is 0.864. The fraction of sp³-hybridized carbons (Fsp3) is 0.235. The van der Waals surface area contributed by atoms with Crippen LogP contribution in [0.5, 0.6) is 0 Å². The summed E-state index contributed by atoms with van der Waals surface area (Å²) < 4.78 is 0. The van der Waals surface area contributed by atoms with Gasteiger partial charge in [-0.15, -0.1) is 0 Å². The summed E-state index contributed by atoms with van der Waals surface area (Å²) in [7, 11) is 0. The number of amides is 1. The molecule has 0 radical (unpaired) electrons. The Morgan fingerprint density at radius 3 is 2.52 bits per heavy atom. The number of β-lactam (4-membered cyclic amide) rings is 1. The Balaban J connectivity index is 2.00.